The van der Waals surface area contributed by atoms with Gasteiger partial charge in [-0.25, -0.2) is 0 Å². The van der Waals surface area contributed by atoms with Crippen LogP contribution < -0.4 is 0 Å². The molecule has 3 nitrogen and oxygen atoms in total. The highest BCUT2D eigenvalue weighted by molar-refractivity contribution is 5.77. The van der Waals surface area contributed by atoms with Crippen LogP contribution in [-0.2, 0) is 9.53 Å². The van der Waals surface area contributed by atoms with Crippen molar-refractivity contribution in [1.82, 2.24) is 4.90 Å². The number of benzene rings is 1. The van der Waals surface area contributed by atoms with Gasteiger partial charge in [0, 0.05) is 19.5 Å². The first-order valence-corrected chi connectivity index (χ1v) is 7.39. The van der Waals surface area contributed by atoms with E-state index in [-0.39, 0.29) is 17.2 Å². The minimum Gasteiger partial charge on any atom is -0.378 e. The molecule has 1 aromatic carbocycles. The summed E-state index contributed by atoms with van der Waals surface area (Å²) in [6, 6.07) is 10.4. The molecule has 0 aromatic heterocycles. The van der Waals surface area contributed by atoms with Gasteiger partial charge in [-0.15, -0.1) is 0 Å². The van der Waals surface area contributed by atoms with Gasteiger partial charge < -0.3 is 9.64 Å². The van der Waals surface area contributed by atoms with Crippen molar-refractivity contribution in [2.24, 2.45) is 5.41 Å². The van der Waals surface area contributed by atoms with Crippen LogP contribution in [0.5, 0.6) is 0 Å². The Bertz CT molecular complexity index is 430. The minimum atomic E-state index is 0.0727. The molecule has 1 aromatic rings. The smallest absolute Gasteiger partial charge is 0.223 e. The first-order chi connectivity index (χ1) is 9.48. The van der Waals surface area contributed by atoms with Crippen molar-refractivity contribution >= 4 is 5.91 Å². The van der Waals surface area contributed by atoms with Crippen LogP contribution in [0.2, 0.25) is 0 Å². The van der Waals surface area contributed by atoms with Gasteiger partial charge in [0.25, 0.3) is 0 Å². The zero-order valence-corrected chi connectivity index (χ0v) is 12.8. The van der Waals surface area contributed by atoms with Crippen molar-refractivity contribution < 1.29 is 9.53 Å². The summed E-state index contributed by atoms with van der Waals surface area (Å²) in [7, 11) is 0. The summed E-state index contributed by atoms with van der Waals surface area (Å²) < 4.78 is 5.31. The van der Waals surface area contributed by atoms with Crippen LogP contribution in [0.1, 0.15) is 38.7 Å². The zero-order valence-electron chi connectivity index (χ0n) is 12.8. The normalized spacial score (nSPS) is 17.9. The van der Waals surface area contributed by atoms with E-state index in [1.165, 1.54) is 5.56 Å². The van der Waals surface area contributed by atoms with E-state index < -0.39 is 0 Å². The maximum absolute atomic E-state index is 12.5. The van der Waals surface area contributed by atoms with Crippen molar-refractivity contribution in [3.8, 4) is 0 Å². The number of hydrogen-bond acceptors (Lipinski definition) is 2. The molecule has 1 aliphatic heterocycles. The van der Waals surface area contributed by atoms with Crippen molar-refractivity contribution in [3.05, 3.63) is 35.9 Å². The highest BCUT2D eigenvalue weighted by Crippen LogP contribution is 2.38. The van der Waals surface area contributed by atoms with Crippen LogP contribution in [-0.4, -0.2) is 37.1 Å². The first-order valence-electron chi connectivity index (χ1n) is 7.39. The Kier molecular flexibility index (Phi) is 4.81. The van der Waals surface area contributed by atoms with Gasteiger partial charge in [0.05, 0.1) is 13.2 Å². The lowest BCUT2D eigenvalue weighted by molar-refractivity contribution is -0.136. The van der Waals surface area contributed by atoms with Gasteiger partial charge in [0.2, 0.25) is 5.91 Å². The van der Waals surface area contributed by atoms with E-state index in [4.69, 9.17) is 4.74 Å². The number of ether oxygens (including phenoxy) is 1. The van der Waals surface area contributed by atoms with Gasteiger partial charge in [0.1, 0.15) is 0 Å². The number of nitrogens with zero attached hydrogens (tertiary/aromatic N) is 1. The Balaban J connectivity index is 2.10. The fourth-order valence-corrected chi connectivity index (χ4v) is 2.73. The Labute approximate surface area is 121 Å². The highest BCUT2D eigenvalue weighted by atomic mass is 16.5. The molecule has 110 valence electrons. The van der Waals surface area contributed by atoms with E-state index in [0.29, 0.717) is 19.6 Å². The van der Waals surface area contributed by atoms with Gasteiger partial charge in [-0.2, -0.15) is 0 Å². The second kappa shape index (κ2) is 6.40. The molecule has 0 saturated carbocycles. The second-order valence-electron chi connectivity index (χ2n) is 6.53. The lowest BCUT2D eigenvalue weighted by Crippen LogP contribution is -2.42. The van der Waals surface area contributed by atoms with Gasteiger partial charge in [-0.3, -0.25) is 4.79 Å². The van der Waals surface area contributed by atoms with Crippen LogP contribution in [0.3, 0.4) is 0 Å². The SMILES string of the molecule is CC(C)(C)C(CC(=O)N1CCOCC1)c1ccccc1. The van der Waals surface area contributed by atoms with Crippen molar-refractivity contribution in [1.29, 1.82) is 0 Å². The summed E-state index contributed by atoms with van der Waals surface area (Å²) in [4.78, 5) is 14.4. The van der Waals surface area contributed by atoms with Crippen molar-refractivity contribution in [3.63, 3.8) is 0 Å². The highest BCUT2D eigenvalue weighted by Gasteiger charge is 2.30. The number of amides is 1. The summed E-state index contributed by atoms with van der Waals surface area (Å²) in [5.74, 6) is 0.496. The molecule has 0 aliphatic carbocycles. The van der Waals surface area contributed by atoms with Gasteiger partial charge >= 0.3 is 0 Å². The third-order valence-corrected chi connectivity index (χ3v) is 3.99. The lowest BCUT2D eigenvalue weighted by Gasteiger charge is -2.34. The van der Waals surface area contributed by atoms with E-state index in [2.05, 4.69) is 32.9 Å². The lowest BCUT2D eigenvalue weighted by atomic mass is 9.74. The largest absolute Gasteiger partial charge is 0.378 e. The Morgan fingerprint density at radius 3 is 2.35 bits per heavy atom. The standard InChI is InChI=1S/C17H25NO2/c1-17(2,3)15(14-7-5-4-6-8-14)13-16(19)18-9-11-20-12-10-18/h4-8,15H,9-13H2,1-3H3. The average Bonchev–Trinajstić information content (AvgIpc) is 2.45. The third-order valence-electron chi connectivity index (χ3n) is 3.99. The second-order valence-corrected chi connectivity index (χ2v) is 6.53. The van der Waals surface area contributed by atoms with E-state index in [0.717, 1.165) is 13.1 Å². The van der Waals surface area contributed by atoms with Crippen LogP contribution in [0.25, 0.3) is 0 Å². The van der Waals surface area contributed by atoms with Crippen LogP contribution in [0.4, 0.5) is 0 Å². The summed E-state index contributed by atoms with van der Waals surface area (Å²) in [5, 5.41) is 0. The molecular formula is C17H25NO2. The van der Waals surface area contributed by atoms with E-state index in [1.807, 2.05) is 23.1 Å². The topological polar surface area (TPSA) is 29.5 Å². The van der Waals surface area contributed by atoms with Gasteiger partial charge in [-0.1, -0.05) is 51.1 Å². The fraction of sp³-hybridized carbons (Fsp3) is 0.588. The number of carbonyl (C=O) groups excluding carboxylic acids is 1. The molecular weight excluding hydrogens is 250 g/mol. The molecule has 0 bridgehead atoms. The molecule has 20 heavy (non-hydrogen) atoms. The van der Waals surface area contributed by atoms with E-state index in [1.54, 1.807) is 0 Å². The van der Waals surface area contributed by atoms with Crippen LogP contribution in [0.15, 0.2) is 30.3 Å². The summed E-state index contributed by atoms with van der Waals surface area (Å²) in [5.41, 5.74) is 1.32. The molecule has 2 rings (SSSR count). The summed E-state index contributed by atoms with van der Waals surface area (Å²) in [6.07, 6.45) is 0.577. The average molecular weight is 275 g/mol. The molecule has 0 radical (unpaired) electrons. The number of hydrogen-bond donors (Lipinski definition) is 0. The molecule has 1 saturated heterocycles. The third kappa shape index (κ3) is 3.83. The molecule has 1 amide bonds. The predicted molar refractivity (Wildman–Crippen MR) is 80.7 cm³/mol. The molecule has 0 spiro atoms. The van der Waals surface area contributed by atoms with Crippen molar-refractivity contribution in [2.75, 3.05) is 26.3 Å². The van der Waals surface area contributed by atoms with Gasteiger partial charge in [0.15, 0.2) is 0 Å². The quantitative estimate of drug-likeness (QED) is 0.848. The molecule has 1 fully saturated rings. The minimum absolute atomic E-state index is 0.0727. The number of morpholine rings is 1. The van der Waals surface area contributed by atoms with Crippen LogP contribution in [0, 0.1) is 5.41 Å². The van der Waals surface area contributed by atoms with E-state index >= 15 is 0 Å². The van der Waals surface area contributed by atoms with Crippen molar-refractivity contribution in [2.45, 2.75) is 33.1 Å². The monoisotopic (exact) mass is 275 g/mol. The summed E-state index contributed by atoms with van der Waals surface area (Å²) in [6.45, 7) is 9.40. The predicted octanol–water partition coefficient (Wildman–Crippen LogP) is 3.07. The molecule has 1 heterocycles. The Morgan fingerprint density at radius 2 is 1.80 bits per heavy atom. The molecule has 0 N–H and O–H groups in total. The maximum atomic E-state index is 12.5. The maximum Gasteiger partial charge on any atom is 0.223 e. The fourth-order valence-electron chi connectivity index (χ4n) is 2.73. The molecule has 3 heteroatoms. The molecule has 1 atom stereocenters. The Hall–Kier alpha value is -1.35. The number of carbonyl (C=O) groups is 1. The number of rotatable bonds is 3. The molecule has 1 aliphatic rings. The first kappa shape index (κ1) is 15.0. The Morgan fingerprint density at radius 1 is 1.20 bits per heavy atom. The van der Waals surface area contributed by atoms with Crippen LogP contribution >= 0.6 is 0 Å². The zero-order chi connectivity index (χ0) is 14.6. The molecule has 1 unspecified atom stereocenters. The van der Waals surface area contributed by atoms with Gasteiger partial charge in [-0.05, 0) is 16.9 Å². The van der Waals surface area contributed by atoms with E-state index in [9.17, 15) is 4.79 Å². The summed E-state index contributed by atoms with van der Waals surface area (Å²) >= 11 is 0.